The summed E-state index contributed by atoms with van der Waals surface area (Å²) in [5, 5.41) is 0. The second kappa shape index (κ2) is 6.05. The van der Waals surface area contributed by atoms with Gasteiger partial charge in [0.15, 0.2) is 5.76 Å². The van der Waals surface area contributed by atoms with E-state index in [1.54, 1.807) is 21.9 Å². The third-order valence-corrected chi connectivity index (χ3v) is 3.83. The second-order valence-corrected chi connectivity index (χ2v) is 5.36. The monoisotopic (exact) mass is 298 g/mol. The van der Waals surface area contributed by atoms with Gasteiger partial charge in [-0.2, -0.15) is 0 Å². The molecule has 0 bridgehead atoms. The van der Waals surface area contributed by atoms with Crippen LogP contribution in [0.3, 0.4) is 0 Å². The van der Waals surface area contributed by atoms with E-state index in [1.807, 2.05) is 37.3 Å². The summed E-state index contributed by atoms with van der Waals surface area (Å²) in [6, 6.07) is 12.7. The maximum absolute atomic E-state index is 12.4. The van der Waals surface area contributed by atoms with Crippen LogP contribution in [0.5, 0.6) is 0 Å². The van der Waals surface area contributed by atoms with Gasteiger partial charge < -0.3 is 14.2 Å². The molecule has 22 heavy (non-hydrogen) atoms. The number of nitrogens with zero attached hydrogens (tertiary/aromatic N) is 2. The Morgan fingerprint density at radius 2 is 1.45 bits per heavy atom. The van der Waals surface area contributed by atoms with Crippen molar-refractivity contribution in [2.45, 2.75) is 6.92 Å². The zero-order valence-electron chi connectivity index (χ0n) is 12.5. The first-order valence-electron chi connectivity index (χ1n) is 7.35. The Kier molecular flexibility index (Phi) is 3.96. The van der Waals surface area contributed by atoms with Gasteiger partial charge in [0, 0.05) is 31.7 Å². The van der Waals surface area contributed by atoms with Crippen molar-refractivity contribution in [2.75, 3.05) is 26.2 Å². The van der Waals surface area contributed by atoms with Crippen LogP contribution in [-0.4, -0.2) is 47.8 Å². The van der Waals surface area contributed by atoms with E-state index in [0.717, 1.165) is 5.76 Å². The van der Waals surface area contributed by atoms with Crippen molar-refractivity contribution in [3.05, 3.63) is 59.5 Å². The highest BCUT2D eigenvalue weighted by Crippen LogP contribution is 2.13. The van der Waals surface area contributed by atoms with Gasteiger partial charge in [-0.1, -0.05) is 18.2 Å². The number of amides is 2. The first-order chi connectivity index (χ1) is 10.6. The van der Waals surface area contributed by atoms with E-state index < -0.39 is 0 Å². The third kappa shape index (κ3) is 2.88. The number of rotatable bonds is 2. The molecule has 1 aliphatic rings. The lowest BCUT2D eigenvalue weighted by Gasteiger charge is -2.34. The van der Waals surface area contributed by atoms with E-state index in [2.05, 4.69) is 0 Å². The van der Waals surface area contributed by atoms with Gasteiger partial charge in [-0.3, -0.25) is 9.59 Å². The Labute approximate surface area is 129 Å². The maximum Gasteiger partial charge on any atom is 0.289 e. The predicted molar refractivity (Wildman–Crippen MR) is 81.7 cm³/mol. The number of hydrogen-bond donors (Lipinski definition) is 0. The number of hydrogen-bond acceptors (Lipinski definition) is 3. The molecule has 3 rings (SSSR count). The molecule has 1 aromatic carbocycles. The second-order valence-electron chi connectivity index (χ2n) is 5.36. The first kappa shape index (κ1) is 14.4. The minimum Gasteiger partial charge on any atom is -0.456 e. The van der Waals surface area contributed by atoms with E-state index in [1.165, 1.54) is 0 Å². The van der Waals surface area contributed by atoms with Crippen LogP contribution in [0.15, 0.2) is 46.9 Å². The highest BCUT2D eigenvalue weighted by Gasteiger charge is 2.26. The van der Waals surface area contributed by atoms with E-state index >= 15 is 0 Å². The summed E-state index contributed by atoms with van der Waals surface area (Å²) in [4.78, 5) is 28.2. The maximum atomic E-state index is 12.4. The quantitative estimate of drug-likeness (QED) is 0.854. The highest BCUT2D eigenvalue weighted by atomic mass is 16.3. The molecule has 1 saturated heterocycles. The van der Waals surface area contributed by atoms with Crippen LogP contribution in [-0.2, 0) is 0 Å². The van der Waals surface area contributed by atoms with Crippen molar-refractivity contribution in [1.29, 1.82) is 0 Å². The van der Waals surface area contributed by atoms with Gasteiger partial charge >= 0.3 is 0 Å². The Morgan fingerprint density at radius 3 is 2.00 bits per heavy atom. The van der Waals surface area contributed by atoms with Crippen molar-refractivity contribution in [2.24, 2.45) is 0 Å². The summed E-state index contributed by atoms with van der Waals surface area (Å²) in [5.41, 5.74) is 0.684. The summed E-state index contributed by atoms with van der Waals surface area (Å²) in [6.07, 6.45) is 0. The Morgan fingerprint density at radius 1 is 0.864 bits per heavy atom. The van der Waals surface area contributed by atoms with Crippen LogP contribution in [0.1, 0.15) is 26.7 Å². The molecule has 1 fully saturated rings. The van der Waals surface area contributed by atoms with Gasteiger partial charge in [0.2, 0.25) is 0 Å². The third-order valence-electron chi connectivity index (χ3n) is 3.83. The Hall–Kier alpha value is -2.56. The smallest absolute Gasteiger partial charge is 0.289 e. The summed E-state index contributed by atoms with van der Waals surface area (Å²) in [7, 11) is 0. The number of aryl methyl sites for hydroxylation is 1. The van der Waals surface area contributed by atoms with E-state index in [0.29, 0.717) is 37.5 Å². The molecule has 1 aromatic heterocycles. The lowest BCUT2D eigenvalue weighted by molar-refractivity contribution is 0.0517. The molecule has 1 aliphatic heterocycles. The summed E-state index contributed by atoms with van der Waals surface area (Å²) in [5.74, 6) is 0.989. The van der Waals surface area contributed by atoms with Crippen LogP contribution in [0.2, 0.25) is 0 Å². The zero-order valence-corrected chi connectivity index (χ0v) is 12.5. The van der Waals surface area contributed by atoms with Crippen LogP contribution in [0.4, 0.5) is 0 Å². The lowest BCUT2D eigenvalue weighted by atomic mass is 10.2. The van der Waals surface area contributed by atoms with Gasteiger partial charge in [0.25, 0.3) is 11.8 Å². The fraction of sp³-hybridized carbons (Fsp3) is 0.294. The summed E-state index contributed by atoms with van der Waals surface area (Å²) in [6.45, 7) is 3.94. The minimum atomic E-state index is -0.111. The molecule has 0 N–H and O–H groups in total. The average Bonchev–Trinajstić information content (AvgIpc) is 3.01. The topological polar surface area (TPSA) is 53.8 Å². The SMILES string of the molecule is Cc1ccc(C(=O)N2CCN(C(=O)c3ccccc3)CC2)o1. The van der Waals surface area contributed by atoms with Crippen LogP contribution in [0, 0.1) is 6.92 Å². The normalized spacial score (nSPS) is 15.0. The predicted octanol–water partition coefficient (Wildman–Crippen LogP) is 2.19. The molecular weight excluding hydrogens is 280 g/mol. The minimum absolute atomic E-state index is 0.0153. The fourth-order valence-corrected chi connectivity index (χ4v) is 2.58. The van der Waals surface area contributed by atoms with Crippen molar-refractivity contribution in [3.8, 4) is 0 Å². The number of benzene rings is 1. The van der Waals surface area contributed by atoms with Crippen LogP contribution < -0.4 is 0 Å². The molecule has 2 aromatic rings. The standard InChI is InChI=1S/C17H18N2O3/c1-13-7-8-15(22-13)17(21)19-11-9-18(10-12-19)16(20)14-5-3-2-4-6-14/h2-8H,9-12H2,1H3. The molecule has 0 radical (unpaired) electrons. The Balaban J connectivity index is 1.61. The zero-order chi connectivity index (χ0) is 15.5. The van der Waals surface area contributed by atoms with E-state index in [4.69, 9.17) is 4.42 Å². The van der Waals surface area contributed by atoms with E-state index in [9.17, 15) is 9.59 Å². The molecular formula is C17H18N2O3. The fourth-order valence-electron chi connectivity index (χ4n) is 2.58. The molecule has 2 heterocycles. The van der Waals surface area contributed by atoms with Crippen molar-refractivity contribution >= 4 is 11.8 Å². The van der Waals surface area contributed by atoms with Gasteiger partial charge in [-0.15, -0.1) is 0 Å². The molecule has 114 valence electrons. The average molecular weight is 298 g/mol. The molecule has 5 heteroatoms. The molecule has 0 spiro atoms. The summed E-state index contributed by atoms with van der Waals surface area (Å²) < 4.78 is 5.37. The number of carbonyl (C=O) groups is 2. The van der Waals surface area contributed by atoms with Gasteiger partial charge in [0.1, 0.15) is 5.76 Å². The van der Waals surface area contributed by atoms with Crippen LogP contribution in [0.25, 0.3) is 0 Å². The number of furan rings is 1. The highest BCUT2D eigenvalue weighted by molar-refractivity contribution is 5.95. The first-order valence-corrected chi connectivity index (χ1v) is 7.35. The number of carbonyl (C=O) groups excluding carboxylic acids is 2. The van der Waals surface area contributed by atoms with Gasteiger partial charge in [-0.05, 0) is 31.2 Å². The van der Waals surface area contributed by atoms with Crippen molar-refractivity contribution in [3.63, 3.8) is 0 Å². The lowest BCUT2D eigenvalue weighted by Crippen LogP contribution is -2.50. The Bertz CT molecular complexity index is 670. The summed E-state index contributed by atoms with van der Waals surface area (Å²) >= 11 is 0. The molecule has 0 saturated carbocycles. The molecule has 2 amide bonds. The molecule has 0 atom stereocenters. The van der Waals surface area contributed by atoms with E-state index in [-0.39, 0.29) is 11.8 Å². The number of piperazine rings is 1. The van der Waals surface area contributed by atoms with Gasteiger partial charge in [0.05, 0.1) is 0 Å². The van der Waals surface area contributed by atoms with Crippen molar-refractivity contribution in [1.82, 2.24) is 9.80 Å². The van der Waals surface area contributed by atoms with Crippen LogP contribution >= 0.6 is 0 Å². The largest absolute Gasteiger partial charge is 0.456 e. The molecule has 0 aliphatic carbocycles. The molecule has 0 unspecified atom stereocenters. The van der Waals surface area contributed by atoms with Crippen molar-refractivity contribution < 1.29 is 14.0 Å². The molecule has 5 nitrogen and oxygen atoms in total. The van der Waals surface area contributed by atoms with Gasteiger partial charge in [-0.25, -0.2) is 0 Å².